The number of aryl methyl sites for hydroxylation is 2. The lowest BCUT2D eigenvalue weighted by molar-refractivity contribution is -0.124. The number of carbonyl (C=O) groups excluding carboxylic acids is 1. The SMILES string of the molecule is Cc1ccc(OCC(=O)NC(CN)C2CCCCC2)cc1C.Cl. The molecule has 0 bridgehead atoms. The molecule has 5 heteroatoms. The molecule has 1 unspecified atom stereocenters. The zero-order valence-corrected chi connectivity index (χ0v) is 15.0. The highest BCUT2D eigenvalue weighted by Crippen LogP contribution is 2.26. The van der Waals surface area contributed by atoms with Gasteiger partial charge in [0.15, 0.2) is 6.61 Å². The van der Waals surface area contributed by atoms with E-state index in [0.717, 1.165) is 5.75 Å². The molecular formula is C18H29ClN2O2. The summed E-state index contributed by atoms with van der Waals surface area (Å²) in [5.74, 6) is 1.17. The van der Waals surface area contributed by atoms with Gasteiger partial charge in [-0.15, -0.1) is 12.4 Å². The Labute approximate surface area is 145 Å². The van der Waals surface area contributed by atoms with Crippen molar-refractivity contribution in [1.82, 2.24) is 5.32 Å². The van der Waals surface area contributed by atoms with Gasteiger partial charge in [0.2, 0.25) is 0 Å². The molecule has 23 heavy (non-hydrogen) atoms. The number of carbonyl (C=O) groups is 1. The summed E-state index contributed by atoms with van der Waals surface area (Å²) in [6.07, 6.45) is 6.13. The second-order valence-electron chi connectivity index (χ2n) is 6.34. The third-order valence-corrected chi connectivity index (χ3v) is 4.67. The molecule has 0 aromatic heterocycles. The van der Waals surface area contributed by atoms with Crippen molar-refractivity contribution in [3.05, 3.63) is 29.3 Å². The monoisotopic (exact) mass is 340 g/mol. The van der Waals surface area contributed by atoms with Gasteiger partial charge in [0.25, 0.3) is 5.91 Å². The summed E-state index contributed by atoms with van der Waals surface area (Å²) in [4.78, 5) is 12.1. The van der Waals surface area contributed by atoms with Gasteiger partial charge in [-0.2, -0.15) is 0 Å². The third kappa shape index (κ3) is 6.04. The van der Waals surface area contributed by atoms with Crippen molar-refractivity contribution in [1.29, 1.82) is 0 Å². The molecular weight excluding hydrogens is 312 g/mol. The number of ether oxygens (including phenoxy) is 1. The van der Waals surface area contributed by atoms with Gasteiger partial charge in [0.1, 0.15) is 5.75 Å². The van der Waals surface area contributed by atoms with Crippen molar-refractivity contribution in [2.45, 2.75) is 52.0 Å². The Kier molecular flexibility index (Phi) is 8.42. The van der Waals surface area contributed by atoms with Crippen molar-refractivity contribution in [2.75, 3.05) is 13.2 Å². The van der Waals surface area contributed by atoms with Gasteiger partial charge in [-0.3, -0.25) is 4.79 Å². The molecule has 1 aliphatic carbocycles. The molecule has 0 saturated heterocycles. The highest BCUT2D eigenvalue weighted by molar-refractivity contribution is 5.85. The summed E-state index contributed by atoms with van der Waals surface area (Å²) in [6, 6.07) is 5.95. The lowest BCUT2D eigenvalue weighted by Gasteiger charge is -2.30. The van der Waals surface area contributed by atoms with Crippen molar-refractivity contribution < 1.29 is 9.53 Å². The quantitative estimate of drug-likeness (QED) is 0.836. The third-order valence-electron chi connectivity index (χ3n) is 4.67. The van der Waals surface area contributed by atoms with E-state index in [0.29, 0.717) is 12.5 Å². The Morgan fingerprint density at radius 3 is 2.57 bits per heavy atom. The first kappa shape index (κ1) is 19.8. The highest BCUT2D eigenvalue weighted by atomic mass is 35.5. The summed E-state index contributed by atoms with van der Waals surface area (Å²) in [7, 11) is 0. The zero-order valence-electron chi connectivity index (χ0n) is 14.1. The van der Waals surface area contributed by atoms with Crippen LogP contribution in [0.4, 0.5) is 0 Å². The van der Waals surface area contributed by atoms with Gasteiger partial charge < -0.3 is 15.8 Å². The fraction of sp³-hybridized carbons (Fsp3) is 0.611. The maximum Gasteiger partial charge on any atom is 0.258 e. The van der Waals surface area contributed by atoms with Crippen LogP contribution in [-0.2, 0) is 4.79 Å². The number of hydrogen-bond donors (Lipinski definition) is 2. The van der Waals surface area contributed by atoms with Crippen LogP contribution in [0.3, 0.4) is 0 Å². The molecule has 130 valence electrons. The largest absolute Gasteiger partial charge is 0.484 e. The summed E-state index contributed by atoms with van der Waals surface area (Å²) in [5, 5.41) is 3.04. The van der Waals surface area contributed by atoms with Crippen LogP contribution in [-0.4, -0.2) is 25.1 Å². The van der Waals surface area contributed by atoms with E-state index in [4.69, 9.17) is 10.5 Å². The van der Waals surface area contributed by atoms with E-state index in [2.05, 4.69) is 12.2 Å². The number of nitrogens with one attached hydrogen (secondary N) is 1. The number of amides is 1. The van der Waals surface area contributed by atoms with Crippen molar-refractivity contribution >= 4 is 18.3 Å². The average Bonchev–Trinajstić information content (AvgIpc) is 2.54. The van der Waals surface area contributed by atoms with Crippen LogP contribution in [0.1, 0.15) is 43.2 Å². The maximum atomic E-state index is 12.1. The molecule has 0 radical (unpaired) electrons. The minimum Gasteiger partial charge on any atom is -0.484 e. The van der Waals surface area contributed by atoms with Crippen LogP contribution in [0, 0.1) is 19.8 Å². The first-order valence-electron chi connectivity index (χ1n) is 8.29. The van der Waals surface area contributed by atoms with E-state index < -0.39 is 0 Å². The van der Waals surface area contributed by atoms with Gasteiger partial charge in [0.05, 0.1) is 0 Å². The van der Waals surface area contributed by atoms with E-state index in [9.17, 15) is 4.79 Å². The molecule has 1 fully saturated rings. The van der Waals surface area contributed by atoms with E-state index in [1.165, 1.54) is 43.2 Å². The molecule has 2 rings (SSSR count). The minimum absolute atomic E-state index is 0. The van der Waals surface area contributed by atoms with E-state index in [1.807, 2.05) is 25.1 Å². The molecule has 1 aliphatic rings. The maximum absolute atomic E-state index is 12.1. The molecule has 3 N–H and O–H groups in total. The second-order valence-corrected chi connectivity index (χ2v) is 6.34. The van der Waals surface area contributed by atoms with Gasteiger partial charge >= 0.3 is 0 Å². The van der Waals surface area contributed by atoms with Gasteiger partial charge in [0, 0.05) is 12.6 Å². The number of rotatable bonds is 6. The fourth-order valence-corrected chi connectivity index (χ4v) is 3.11. The minimum atomic E-state index is -0.0840. The Bertz CT molecular complexity index is 502. The Morgan fingerprint density at radius 1 is 1.26 bits per heavy atom. The van der Waals surface area contributed by atoms with Crippen LogP contribution in [0.2, 0.25) is 0 Å². The standard InChI is InChI=1S/C18H28N2O2.ClH/c1-13-8-9-16(10-14(13)2)22-12-18(21)20-17(11-19)15-6-4-3-5-7-15;/h8-10,15,17H,3-7,11-12,19H2,1-2H3,(H,20,21);1H. The smallest absolute Gasteiger partial charge is 0.258 e. The summed E-state index contributed by atoms with van der Waals surface area (Å²) < 4.78 is 5.58. The van der Waals surface area contributed by atoms with Gasteiger partial charge in [-0.1, -0.05) is 25.3 Å². The van der Waals surface area contributed by atoms with Gasteiger partial charge in [-0.25, -0.2) is 0 Å². The first-order chi connectivity index (χ1) is 10.6. The van der Waals surface area contributed by atoms with Crippen molar-refractivity contribution in [2.24, 2.45) is 11.7 Å². The van der Waals surface area contributed by atoms with E-state index >= 15 is 0 Å². The number of hydrogen-bond acceptors (Lipinski definition) is 3. The molecule has 0 aliphatic heterocycles. The molecule has 4 nitrogen and oxygen atoms in total. The number of benzene rings is 1. The molecule has 0 spiro atoms. The summed E-state index contributed by atoms with van der Waals surface area (Å²) in [6.45, 7) is 4.64. The van der Waals surface area contributed by atoms with Crippen LogP contribution in [0.25, 0.3) is 0 Å². The molecule has 1 saturated carbocycles. The van der Waals surface area contributed by atoms with Gasteiger partial charge in [-0.05, 0) is 55.9 Å². The number of nitrogens with two attached hydrogens (primary N) is 1. The summed E-state index contributed by atoms with van der Waals surface area (Å²) >= 11 is 0. The van der Waals surface area contributed by atoms with Crippen LogP contribution >= 0.6 is 12.4 Å². The van der Waals surface area contributed by atoms with Crippen LogP contribution in [0.15, 0.2) is 18.2 Å². The van der Waals surface area contributed by atoms with Crippen LogP contribution in [0.5, 0.6) is 5.75 Å². The average molecular weight is 341 g/mol. The topological polar surface area (TPSA) is 64.3 Å². The Hall–Kier alpha value is -1.26. The van der Waals surface area contributed by atoms with E-state index in [1.54, 1.807) is 0 Å². The van der Waals surface area contributed by atoms with Crippen molar-refractivity contribution in [3.8, 4) is 5.75 Å². The Morgan fingerprint density at radius 2 is 1.96 bits per heavy atom. The molecule has 1 amide bonds. The Balaban J connectivity index is 0.00000264. The predicted octanol–water partition coefficient (Wildman–Crippen LogP) is 3.13. The molecule has 1 atom stereocenters. The van der Waals surface area contributed by atoms with Crippen LogP contribution < -0.4 is 15.8 Å². The zero-order chi connectivity index (χ0) is 15.9. The highest BCUT2D eigenvalue weighted by Gasteiger charge is 2.23. The first-order valence-corrected chi connectivity index (χ1v) is 8.29. The van der Waals surface area contributed by atoms with Crippen molar-refractivity contribution in [3.63, 3.8) is 0 Å². The number of halogens is 1. The lowest BCUT2D eigenvalue weighted by atomic mass is 9.84. The predicted molar refractivity (Wildman–Crippen MR) is 96.2 cm³/mol. The summed E-state index contributed by atoms with van der Waals surface area (Å²) in [5.41, 5.74) is 8.23. The molecule has 0 heterocycles. The lowest BCUT2D eigenvalue weighted by Crippen LogP contribution is -2.47. The second kappa shape index (κ2) is 9.78. The molecule has 1 aromatic rings. The molecule has 1 aromatic carbocycles. The van der Waals surface area contributed by atoms with E-state index in [-0.39, 0.29) is 31.0 Å². The normalized spacial score (nSPS) is 16.3. The fourth-order valence-electron chi connectivity index (χ4n) is 3.11.